The smallest absolute Gasteiger partial charge is 0.144 e. The summed E-state index contributed by atoms with van der Waals surface area (Å²) in [6.45, 7) is 8.85. The molecule has 1 heterocycles. The molecule has 0 fully saturated rings. The van der Waals surface area contributed by atoms with Crippen LogP contribution in [0.4, 0.5) is 0 Å². The SMILES string of the molecule is Cc1cc(C)n(CCCC(C)(C)C(N)=NO)n1. The van der Waals surface area contributed by atoms with Crippen LogP contribution < -0.4 is 5.73 Å². The Bertz CT molecular complexity index is 407. The van der Waals surface area contributed by atoms with Crippen molar-refractivity contribution in [3.05, 3.63) is 17.5 Å². The fourth-order valence-electron chi connectivity index (χ4n) is 1.84. The van der Waals surface area contributed by atoms with E-state index < -0.39 is 0 Å². The molecule has 0 bridgehead atoms. The molecule has 5 nitrogen and oxygen atoms in total. The van der Waals surface area contributed by atoms with E-state index in [1.807, 2.05) is 25.5 Å². The van der Waals surface area contributed by atoms with Crippen molar-refractivity contribution in [1.82, 2.24) is 9.78 Å². The van der Waals surface area contributed by atoms with Crippen molar-refractivity contribution in [1.29, 1.82) is 0 Å². The quantitative estimate of drug-likeness (QED) is 0.357. The van der Waals surface area contributed by atoms with E-state index in [1.54, 1.807) is 0 Å². The van der Waals surface area contributed by atoms with Crippen LogP contribution in [0.3, 0.4) is 0 Å². The third-order valence-electron chi connectivity index (χ3n) is 3.08. The Balaban J connectivity index is 2.51. The van der Waals surface area contributed by atoms with Crippen LogP contribution in [0, 0.1) is 19.3 Å². The maximum Gasteiger partial charge on any atom is 0.144 e. The number of nitrogens with zero attached hydrogens (tertiary/aromatic N) is 3. The first-order valence-electron chi connectivity index (χ1n) is 5.86. The molecule has 1 aromatic heterocycles. The highest BCUT2D eigenvalue weighted by molar-refractivity contribution is 5.85. The van der Waals surface area contributed by atoms with Crippen molar-refractivity contribution in [2.45, 2.75) is 47.1 Å². The van der Waals surface area contributed by atoms with Gasteiger partial charge in [0.15, 0.2) is 0 Å². The fourth-order valence-corrected chi connectivity index (χ4v) is 1.84. The topological polar surface area (TPSA) is 76.4 Å². The van der Waals surface area contributed by atoms with Crippen molar-refractivity contribution in [2.75, 3.05) is 0 Å². The van der Waals surface area contributed by atoms with E-state index in [2.05, 4.69) is 23.2 Å². The highest BCUT2D eigenvalue weighted by Crippen LogP contribution is 2.22. The van der Waals surface area contributed by atoms with Gasteiger partial charge in [-0.1, -0.05) is 19.0 Å². The fraction of sp³-hybridized carbons (Fsp3) is 0.667. The minimum Gasteiger partial charge on any atom is -0.409 e. The Kier molecular flexibility index (Phi) is 4.15. The number of amidine groups is 1. The predicted octanol–water partition coefficient (Wildman–Crippen LogP) is 2.05. The summed E-state index contributed by atoms with van der Waals surface area (Å²) in [4.78, 5) is 0. The van der Waals surface area contributed by atoms with Gasteiger partial charge in [-0.2, -0.15) is 5.10 Å². The van der Waals surface area contributed by atoms with Crippen LogP contribution in [-0.2, 0) is 6.54 Å². The van der Waals surface area contributed by atoms with E-state index in [1.165, 1.54) is 5.69 Å². The average Bonchev–Trinajstić information content (AvgIpc) is 2.56. The summed E-state index contributed by atoms with van der Waals surface area (Å²) in [6.07, 6.45) is 1.81. The molecule has 0 unspecified atom stereocenters. The van der Waals surface area contributed by atoms with Crippen molar-refractivity contribution >= 4 is 5.84 Å². The molecular formula is C12H22N4O. The molecule has 0 radical (unpaired) electrons. The van der Waals surface area contributed by atoms with Crippen LogP contribution in [-0.4, -0.2) is 20.8 Å². The Morgan fingerprint density at radius 1 is 1.53 bits per heavy atom. The summed E-state index contributed by atoms with van der Waals surface area (Å²) in [5, 5.41) is 16.2. The second kappa shape index (κ2) is 5.21. The molecule has 1 aromatic rings. The summed E-state index contributed by atoms with van der Waals surface area (Å²) in [6, 6.07) is 2.06. The first kappa shape index (κ1) is 13.5. The first-order valence-corrected chi connectivity index (χ1v) is 5.86. The Hall–Kier alpha value is -1.52. The second-order valence-corrected chi connectivity index (χ2v) is 5.12. The molecule has 0 aliphatic rings. The van der Waals surface area contributed by atoms with Crippen LogP contribution in [0.25, 0.3) is 0 Å². The molecule has 0 aliphatic heterocycles. The van der Waals surface area contributed by atoms with Crippen LogP contribution in [0.5, 0.6) is 0 Å². The predicted molar refractivity (Wildman–Crippen MR) is 68.1 cm³/mol. The highest BCUT2D eigenvalue weighted by Gasteiger charge is 2.22. The number of hydrogen-bond acceptors (Lipinski definition) is 3. The molecule has 0 saturated carbocycles. The minimum absolute atomic E-state index is 0.273. The lowest BCUT2D eigenvalue weighted by molar-refractivity contribution is 0.303. The monoisotopic (exact) mass is 238 g/mol. The van der Waals surface area contributed by atoms with Crippen molar-refractivity contribution < 1.29 is 5.21 Å². The molecule has 0 aliphatic carbocycles. The molecule has 0 aromatic carbocycles. The number of aromatic nitrogens is 2. The number of oxime groups is 1. The zero-order valence-corrected chi connectivity index (χ0v) is 11.1. The summed E-state index contributed by atoms with van der Waals surface area (Å²) in [5.41, 5.74) is 7.58. The van der Waals surface area contributed by atoms with Crippen molar-refractivity contribution in [3.8, 4) is 0 Å². The van der Waals surface area contributed by atoms with E-state index >= 15 is 0 Å². The molecule has 1 rings (SSSR count). The van der Waals surface area contributed by atoms with Gasteiger partial charge in [0, 0.05) is 17.7 Å². The number of hydrogen-bond donors (Lipinski definition) is 2. The van der Waals surface area contributed by atoms with E-state index in [0.717, 1.165) is 25.1 Å². The molecular weight excluding hydrogens is 216 g/mol. The first-order chi connectivity index (χ1) is 7.86. The minimum atomic E-state index is -0.273. The lowest BCUT2D eigenvalue weighted by Crippen LogP contribution is -2.32. The molecule has 96 valence electrons. The standard InChI is InChI=1S/C12H22N4O/c1-9-8-10(2)16(14-9)7-5-6-12(3,4)11(13)15-17/h8,17H,5-7H2,1-4H3,(H2,13,15). The van der Waals surface area contributed by atoms with Crippen molar-refractivity contribution in [2.24, 2.45) is 16.3 Å². The van der Waals surface area contributed by atoms with Crippen LogP contribution in [0.1, 0.15) is 38.1 Å². The third kappa shape index (κ3) is 3.47. The van der Waals surface area contributed by atoms with Gasteiger partial charge in [0.05, 0.1) is 5.69 Å². The van der Waals surface area contributed by atoms with Gasteiger partial charge in [0.25, 0.3) is 0 Å². The maximum atomic E-state index is 8.68. The molecule has 17 heavy (non-hydrogen) atoms. The van der Waals surface area contributed by atoms with Gasteiger partial charge in [-0.15, -0.1) is 0 Å². The molecule has 3 N–H and O–H groups in total. The zero-order valence-electron chi connectivity index (χ0n) is 11.1. The van der Waals surface area contributed by atoms with Crippen LogP contribution in [0.2, 0.25) is 0 Å². The average molecular weight is 238 g/mol. The van der Waals surface area contributed by atoms with Gasteiger partial charge < -0.3 is 10.9 Å². The van der Waals surface area contributed by atoms with E-state index in [-0.39, 0.29) is 11.3 Å². The van der Waals surface area contributed by atoms with E-state index in [0.29, 0.717) is 0 Å². The Labute approximate surface area is 102 Å². The molecule has 0 saturated heterocycles. The number of rotatable bonds is 5. The normalized spacial score (nSPS) is 13.1. The molecule has 0 atom stereocenters. The van der Waals surface area contributed by atoms with Gasteiger partial charge in [-0.3, -0.25) is 4.68 Å². The number of aryl methyl sites for hydroxylation is 3. The van der Waals surface area contributed by atoms with E-state index in [4.69, 9.17) is 10.9 Å². The summed E-state index contributed by atoms with van der Waals surface area (Å²) in [5.74, 6) is 0.283. The lowest BCUT2D eigenvalue weighted by atomic mass is 9.86. The van der Waals surface area contributed by atoms with Crippen molar-refractivity contribution in [3.63, 3.8) is 0 Å². The molecule has 5 heteroatoms. The Morgan fingerprint density at radius 3 is 2.65 bits per heavy atom. The van der Waals surface area contributed by atoms with Crippen LogP contribution >= 0.6 is 0 Å². The number of nitrogens with two attached hydrogens (primary N) is 1. The molecule has 0 spiro atoms. The zero-order chi connectivity index (χ0) is 13.1. The van der Waals surface area contributed by atoms with Gasteiger partial charge >= 0.3 is 0 Å². The van der Waals surface area contributed by atoms with Gasteiger partial charge in [0.2, 0.25) is 0 Å². The third-order valence-corrected chi connectivity index (χ3v) is 3.08. The lowest BCUT2D eigenvalue weighted by Gasteiger charge is -2.22. The largest absolute Gasteiger partial charge is 0.409 e. The second-order valence-electron chi connectivity index (χ2n) is 5.12. The summed E-state index contributed by atoms with van der Waals surface area (Å²) in [7, 11) is 0. The van der Waals surface area contributed by atoms with Gasteiger partial charge in [-0.25, -0.2) is 0 Å². The van der Waals surface area contributed by atoms with E-state index in [9.17, 15) is 0 Å². The highest BCUT2D eigenvalue weighted by atomic mass is 16.4. The summed E-state index contributed by atoms with van der Waals surface area (Å²) >= 11 is 0. The summed E-state index contributed by atoms with van der Waals surface area (Å²) < 4.78 is 2.00. The van der Waals surface area contributed by atoms with Gasteiger partial charge in [-0.05, 0) is 32.8 Å². The van der Waals surface area contributed by atoms with Gasteiger partial charge in [0.1, 0.15) is 5.84 Å². The molecule has 0 amide bonds. The maximum absolute atomic E-state index is 8.68. The van der Waals surface area contributed by atoms with Crippen LogP contribution in [0.15, 0.2) is 11.2 Å². The Morgan fingerprint density at radius 2 is 2.18 bits per heavy atom.